The summed E-state index contributed by atoms with van der Waals surface area (Å²) in [4.78, 5) is 25.1. The third-order valence-corrected chi connectivity index (χ3v) is 4.81. The van der Waals surface area contributed by atoms with Crippen molar-refractivity contribution in [3.8, 4) is 17.1 Å². The van der Waals surface area contributed by atoms with Gasteiger partial charge in [-0.2, -0.15) is 0 Å². The lowest BCUT2D eigenvalue weighted by atomic mass is 9.82. The van der Waals surface area contributed by atoms with Crippen molar-refractivity contribution in [2.45, 2.75) is 19.8 Å². The lowest BCUT2D eigenvalue weighted by Crippen LogP contribution is -2.46. The molecule has 27 heavy (non-hydrogen) atoms. The van der Waals surface area contributed by atoms with Crippen LogP contribution in [0.3, 0.4) is 0 Å². The third kappa shape index (κ3) is 3.32. The highest BCUT2D eigenvalue weighted by atomic mass is 19.1. The molecule has 2 heterocycles. The molecule has 0 saturated carbocycles. The first kappa shape index (κ1) is 18.7. The number of hydrogen-bond acceptors (Lipinski definition) is 6. The number of carboxylic acid groups (broad SMARTS) is 2. The van der Waals surface area contributed by atoms with Crippen LogP contribution in [0.15, 0.2) is 22.7 Å². The van der Waals surface area contributed by atoms with Crippen molar-refractivity contribution in [1.29, 1.82) is 0 Å². The number of nitrogens with zero attached hydrogens (tertiary/aromatic N) is 2. The first-order valence-corrected chi connectivity index (χ1v) is 8.32. The fraction of sp³-hybridized carbons (Fsp3) is 0.389. The Balaban J connectivity index is 2.04. The van der Waals surface area contributed by atoms with Crippen molar-refractivity contribution in [3.05, 3.63) is 29.6 Å². The zero-order chi connectivity index (χ0) is 19.8. The predicted octanol–water partition coefficient (Wildman–Crippen LogP) is 2.88. The van der Waals surface area contributed by atoms with E-state index < -0.39 is 23.2 Å². The number of benzene rings is 1. The molecule has 1 aromatic heterocycles. The second-order valence-corrected chi connectivity index (χ2v) is 6.76. The molecule has 2 aromatic rings. The molecule has 1 aliphatic heterocycles. The summed E-state index contributed by atoms with van der Waals surface area (Å²) in [7, 11) is 1.30. The Morgan fingerprint density at radius 2 is 2.11 bits per heavy atom. The van der Waals surface area contributed by atoms with Crippen LogP contribution in [-0.4, -0.2) is 47.5 Å². The maximum absolute atomic E-state index is 13.7. The van der Waals surface area contributed by atoms with Gasteiger partial charge in [0.25, 0.3) is 0 Å². The van der Waals surface area contributed by atoms with Crippen LogP contribution in [0.2, 0.25) is 0 Å². The Hall–Kier alpha value is -3.10. The quantitative estimate of drug-likeness (QED) is 0.817. The molecule has 1 fully saturated rings. The molecule has 0 bridgehead atoms. The maximum Gasteiger partial charge on any atom is 0.343 e. The highest BCUT2D eigenvalue weighted by molar-refractivity contribution is 5.99. The van der Waals surface area contributed by atoms with Crippen LogP contribution in [0.4, 0.5) is 10.2 Å². The summed E-state index contributed by atoms with van der Waals surface area (Å²) in [5.41, 5.74) is -0.910. The SMILES string of the molecule is COc1cc(-c2onc(N3CCCC(C)(C(=O)O)C3)c2C(=O)O)ccc1F. The van der Waals surface area contributed by atoms with Gasteiger partial charge in [-0.25, -0.2) is 9.18 Å². The van der Waals surface area contributed by atoms with Gasteiger partial charge in [-0.15, -0.1) is 0 Å². The van der Waals surface area contributed by atoms with E-state index in [-0.39, 0.29) is 29.4 Å². The average molecular weight is 378 g/mol. The number of aromatic carboxylic acids is 1. The van der Waals surface area contributed by atoms with Crippen LogP contribution in [0.5, 0.6) is 5.75 Å². The van der Waals surface area contributed by atoms with Crippen molar-refractivity contribution in [1.82, 2.24) is 5.16 Å². The molecule has 1 atom stereocenters. The Morgan fingerprint density at radius 3 is 2.74 bits per heavy atom. The molecule has 1 unspecified atom stereocenters. The zero-order valence-electron chi connectivity index (χ0n) is 14.9. The highest BCUT2D eigenvalue weighted by Crippen LogP contribution is 2.37. The monoisotopic (exact) mass is 378 g/mol. The number of hydrogen-bond donors (Lipinski definition) is 2. The van der Waals surface area contributed by atoms with E-state index >= 15 is 0 Å². The minimum Gasteiger partial charge on any atom is -0.494 e. The topological polar surface area (TPSA) is 113 Å². The summed E-state index contributed by atoms with van der Waals surface area (Å²) in [6.45, 7) is 2.19. The molecule has 9 heteroatoms. The van der Waals surface area contributed by atoms with Gasteiger partial charge in [0.2, 0.25) is 0 Å². The van der Waals surface area contributed by atoms with E-state index in [0.29, 0.717) is 24.9 Å². The number of anilines is 1. The number of carboxylic acids is 2. The maximum atomic E-state index is 13.7. The summed E-state index contributed by atoms with van der Waals surface area (Å²) in [6.07, 6.45) is 1.07. The molecule has 0 aliphatic carbocycles. The third-order valence-electron chi connectivity index (χ3n) is 4.81. The number of aliphatic carboxylic acids is 1. The summed E-state index contributed by atoms with van der Waals surface area (Å²) < 4.78 is 23.8. The van der Waals surface area contributed by atoms with Crippen LogP contribution in [0.25, 0.3) is 11.3 Å². The van der Waals surface area contributed by atoms with Crippen LogP contribution >= 0.6 is 0 Å². The van der Waals surface area contributed by atoms with Gasteiger partial charge in [0.1, 0.15) is 0 Å². The van der Waals surface area contributed by atoms with Crippen molar-refractivity contribution >= 4 is 17.8 Å². The number of carbonyl (C=O) groups is 2. The normalized spacial score (nSPS) is 19.7. The lowest BCUT2D eigenvalue weighted by Gasteiger charge is -2.37. The van der Waals surface area contributed by atoms with Gasteiger partial charge in [0.15, 0.2) is 28.7 Å². The van der Waals surface area contributed by atoms with E-state index in [2.05, 4.69) is 5.16 Å². The molecule has 144 valence electrons. The van der Waals surface area contributed by atoms with Gasteiger partial charge in [-0.3, -0.25) is 4.79 Å². The van der Waals surface area contributed by atoms with E-state index in [4.69, 9.17) is 9.26 Å². The fourth-order valence-corrected chi connectivity index (χ4v) is 3.28. The number of methoxy groups -OCH3 is 1. The average Bonchev–Trinajstić information content (AvgIpc) is 3.07. The second-order valence-electron chi connectivity index (χ2n) is 6.76. The zero-order valence-corrected chi connectivity index (χ0v) is 14.9. The summed E-state index contributed by atoms with van der Waals surface area (Å²) >= 11 is 0. The number of halogens is 1. The Morgan fingerprint density at radius 1 is 1.37 bits per heavy atom. The van der Waals surface area contributed by atoms with Gasteiger partial charge in [0, 0.05) is 18.7 Å². The molecule has 1 saturated heterocycles. The summed E-state index contributed by atoms with van der Waals surface area (Å²) in [5.74, 6) is -2.85. The Labute approximate surface area is 154 Å². The van der Waals surface area contributed by atoms with E-state index in [1.54, 1.807) is 11.8 Å². The standard InChI is InChI=1S/C18H19FN2O6/c1-18(17(24)25)6-3-7-21(9-18)15-13(16(22)23)14(27-20-15)10-4-5-11(19)12(8-10)26-2/h4-5,8H,3,6-7,9H2,1-2H3,(H,22,23)(H,24,25). The number of piperidine rings is 1. The van der Waals surface area contributed by atoms with Gasteiger partial charge in [-0.1, -0.05) is 5.16 Å². The van der Waals surface area contributed by atoms with Gasteiger partial charge in [0.05, 0.1) is 12.5 Å². The van der Waals surface area contributed by atoms with Crippen LogP contribution in [0, 0.1) is 11.2 Å². The fourth-order valence-electron chi connectivity index (χ4n) is 3.28. The molecule has 0 spiro atoms. The molecule has 2 N–H and O–H groups in total. The van der Waals surface area contributed by atoms with Crippen LogP contribution in [0.1, 0.15) is 30.1 Å². The first-order valence-electron chi connectivity index (χ1n) is 8.32. The van der Waals surface area contributed by atoms with Crippen molar-refractivity contribution in [3.63, 3.8) is 0 Å². The van der Waals surface area contributed by atoms with Crippen molar-refractivity contribution < 1.29 is 33.5 Å². The van der Waals surface area contributed by atoms with Crippen molar-refractivity contribution in [2.75, 3.05) is 25.1 Å². The summed E-state index contributed by atoms with van der Waals surface area (Å²) in [6, 6.07) is 3.83. The number of rotatable bonds is 5. The van der Waals surface area contributed by atoms with Gasteiger partial charge in [-0.05, 0) is 38.0 Å². The molecule has 8 nitrogen and oxygen atoms in total. The summed E-state index contributed by atoms with van der Waals surface area (Å²) in [5, 5.41) is 23.1. The molecule has 1 aliphatic rings. The van der Waals surface area contributed by atoms with Crippen LogP contribution in [-0.2, 0) is 4.79 Å². The molecule has 1 aromatic carbocycles. The van der Waals surface area contributed by atoms with Gasteiger partial charge >= 0.3 is 11.9 Å². The Bertz CT molecular complexity index is 896. The van der Waals surface area contributed by atoms with E-state index in [1.807, 2.05) is 0 Å². The second kappa shape index (κ2) is 6.90. The van der Waals surface area contributed by atoms with E-state index in [0.717, 1.165) is 6.07 Å². The van der Waals surface area contributed by atoms with E-state index in [9.17, 15) is 24.2 Å². The van der Waals surface area contributed by atoms with Crippen molar-refractivity contribution in [2.24, 2.45) is 5.41 Å². The van der Waals surface area contributed by atoms with E-state index in [1.165, 1.54) is 19.2 Å². The molecule has 3 rings (SSSR count). The van der Waals surface area contributed by atoms with Gasteiger partial charge < -0.3 is 24.4 Å². The van der Waals surface area contributed by atoms with Crippen LogP contribution < -0.4 is 9.64 Å². The highest BCUT2D eigenvalue weighted by Gasteiger charge is 2.40. The first-order chi connectivity index (χ1) is 12.8. The number of ether oxygens (including phenoxy) is 1. The predicted molar refractivity (Wildman–Crippen MR) is 92.6 cm³/mol. The minimum atomic E-state index is -1.27. The lowest BCUT2D eigenvalue weighted by molar-refractivity contribution is -0.148. The molecule has 0 amide bonds. The minimum absolute atomic E-state index is 0.0431. The molecular weight excluding hydrogens is 359 g/mol. The smallest absolute Gasteiger partial charge is 0.343 e. The molecular formula is C18H19FN2O6. The Kier molecular flexibility index (Phi) is 4.77. The largest absolute Gasteiger partial charge is 0.494 e. The number of aromatic nitrogens is 1. The molecule has 0 radical (unpaired) electrons.